The molecule has 0 aliphatic heterocycles. The van der Waals surface area contributed by atoms with Gasteiger partial charge in [0.25, 0.3) is 10.2 Å². The van der Waals surface area contributed by atoms with Crippen molar-refractivity contribution in [1.29, 1.82) is 5.41 Å². The second-order valence-electron chi connectivity index (χ2n) is 8.39. The summed E-state index contributed by atoms with van der Waals surface area (Å²) < 4.78 is 34.0. The number of aliphatic carboxylic acids is 2. The molecule has 0 aromatic heterocycles. The Morgan fingerprint density at radius 3 is 2.14 bits per heavy atom. The fourth-order valence-corrected chi connectivity index (χ4v) is 4.68. The van der Waals surface area contributed by atoms with Crippen LogP contribution in [0.3, 0.4) is 0 Å². The number of guanidine groups is 1. The number of nitrogens with zero attached hydrogens (tertiary/aromatic N) is 1. The van der Waals surface area contributed by atoms with Crippen LogP contribution in [-0.4, -0.2) is 59.4 Å². The molecule has 13 nitrogen and oxygen atoms in total. The van der Waals surface area contributed by atoms with E-state index >= 15 is 0 Å². The van der Waals surface area contributed by atoms with Gasteiger partial charge in [-0.05, 0) is 47.9 Å². The first-order chi connectivity index (χ1) is 17.3. The monoisotopic (exact) mass is 535 g/mol. The maximum absolute atomic E-state index is 12.9. The highest BCUT2D eigenvalue weighted by atomic mass is 32.2. The molecule has 14 heteroatoms. The predicted molar refractivity (Wildman–Crippen MR) is 134 cm³/mol. The van der Waals surface area contributed by atoms with E-state index in [4.69, 9.17) is 21.0 Å². The van der Waals surface area contributed by atoms with E-state index in [2.05, 4.69) is 10.0 Å². The molecule has 0 radical (unpaired) electrons. The number of rotatable bonds is 13. The summed E-state index contributed by atoms with van der Waals surface area (Å²) in [4.78, 5) is 35.1. The number of carbonyl (C=O) groups is 3. The number of benzene rings is 2. The minimum atomic E-state index is -4.35. The lowest BCUT2D eigenvalue weighted by atomic mass is 10.1. The normalized spacial score (nSPS) is 12.2. The van der Waals surface area contributed by atoms with E-state index in [1.807, 2.05) is 0 Å². The third-order valence-electron chi connectivity index (χ3n) is 4.85. The summed E-state index contributed by atoms with van der Waals surface area (Å²) in [6, 6.07) is 10.3. The smallest absolute Gasteiger partial charge is 0.343 e. The maximum Gasteiger partial charge on any atom is 0.343 e. The van der Waals surface area contributed by atoms with Gasteiger partial charge in [-0.3, -0.25) is 15.0 Å². The highest BCUT2D eigenvalue weighted by Gasteiger charge is 2.36. The van der Waals surface area contributed by atoms with Gasteiger partial charge in [-0.15, -0.1) is 0 Å². The summed E-state index contributed by atoms with van der Waals surface area (Å²) in [6.45, 7) is 2.95. The van der Waals surface area contributed by atoms with Crippen LogP contribution in [0.15, 0.2) is 48.5 Å². The Hall–Kier alpha value is -4.01. The zero-order chi connectivity index (χ0) is 27.8. The van der Waals surface area contributed by atoms with Crippen LogP contribution in [0.25, 0.3) is 0 Å². The van der Waals surface area contributed by atoms with Crippen molar-refractivity contribution < 1.29 is 37.8 Å². The Balaban J connectivity index is 2.06. The van der Waals surface area contributed by atoms with Crippen molar-refractivity contribution in [3.05, 3.63) is 59.7 Å². The Bertz CT molecular complexity index is 1230. The van der Waals surface area contributed by atoms with Crippen LogP contribution < -0.4 is 20.5 Å². The molecule has 0 bridgehead atoms. The standard InChI is InChI=1S/C23H29N5O8S/c1-14(2)13-28(19(21(31)32)11-20(29)30)37(34,35)26-12-15-3-9-18(10-4-15)36-22(33)16-5-7-17(8-6-16)27-23(24)25/h3-10,14,19,26H,11-13H2,1-2H3,(H,29,30)(H,31,32)(H4,24,25,27)/t19-/m0/s1. The number of carbonyl (C=O) groups excluding carboxylic acids is 1. The summed E-state index contributed by atoms with van der Waals surface area (Å²) in [5.74, 6) is -3.94. The average molecular weight is 536 g/mol. The molecule has 2 aromatic rings. The number of carboxylic acid groups (broad SMARTS) is 2. The van der Waals surface area contributed by atoms with Crippen molar-refractivity contribution in [3.63, 3.8) is 0 Å². The van der Waals surface area contributed by atoms with E-state index < -0.39 is 40.6 Å². The molecule has 0 aliphatic carbocycles. The van der Waals surface area contributed by atoms with Crippen molar-refractivity contribution in [2.45, 2.75) is 32.9 Å². The Kier molecular flexibility index (Phi) is 10.1. The number of hydrogen-bond donors (Lipinski definition) is 6. The minimum absolute atomic E-state index is 0.194. The Morgan fingerprint density at radius 1 is 1.05 bits per heavy atom. The number of nitrogens with one attached hydrogen (secondary N) is 3. The number of nitrogens with two attached hydrogens (primary N) is 1. The third kappa shape index (κ3) is 9.18. The van der Waals surface area contributed by atoms with Gasteiger partial charge in [0, 0.05) is 18.8 Å². The van der Waals surface area contributed by atoms with Gasteiger partial charge >= 0.3 is 17.9 Å². The summed E-state index contributed by atoms with van der Waals surface area (Å²) in [7, 11) is -4.35. The lowest BCUT2D eigenvalue weighted by Crippen LogP contribution is -2.51. The van der Waals surface area contributed by atoms with Gasteiger partial charge in [0.2, 0.25) is 0 Å². The molecule has 7 N–H and O–H groups in total. The first kappa shape index (κ1) is 29.2. The first-order valence-electron chi connectivity index (χ1n) is 11.0. The summed E-state index contributed by atoms with van der Waals surface area (Å²) in [6.07, 6.45) is -0.890. The summed E-state index contributed by atoms with van der Waals surface area (Å²) in [5.41, 5.74) is 6.52. The molecule has 2 aromatic carbocycles. The lowest BCUT2D eigenvalue weighted by Gasteiger charge is -2.28. The van der Waals surface area contributed by atoms with E-state index in [1.54, 1.807) is 26.0 Å². The number of esters is 1. The molecule has 0 aliphatic rings. The van der Waals surface area contributed by atoms with E-state index in [0.29, 0.717) is 15.6 Å². The van der Waals surface area contributed by atoms with Gasteiger partial charge in [-0.1, -0.05) is 26.0 Å². The third-order valence-corrected chi connectivity index (χ3v) is 6.38. The lowest BCUT2D eigenvalue weighted by molar-refractivity contribution is -0.148. The van der Waals surface area contributed by atoms with Gasteiger partial charge < -0.3 is 26.0 Å². The molecule has 0 heterocycles. The molecule has 0 unspecified atom stereocenters. The van der Waals surface area contributed by atoms with Crippen molar-refractivity contribution in [1.82, 2.24) is 9.03 Å². The molecular formula is C23H29N5O8S. The van der Waals surface area contributed by atoms with Crippen molar-refractivity contribution >= 4 is 39.8 Å². The van der Waals surface area contributed by atoms with E-state index in [0.717, 1.165) is 0 Å². The predicted octanol–water partition coefficient (Wildman–Crippen LogP) is 1.43. The molecule has 0 spiro atoms. The molecule has 200 valence electrons. The molecule has 37 heavy (non-hydrogen) atoms. The zero-order valence-corrected chi connectivity index (χ0v) is 21.0. The van der Waals surface area contributed by atoms with Crippen molar-refractivity contribution in [2.75, 3.05) is 11.9 Å². The fourth-order valence-electron chi connectivity index (χ4n) is 3.17. The van der Waals surface area contributed by atoms with Crippen LogP contribution in [0.5, 0.6) is 5.75 Å². The van der Waals surface area contributed by atoms with E-state index in [1.165, 1.54) is 36.4 Å². The highest BCUT2D eigenvalue weighted by molar-refractivity contribution is 7.87. The number of ether oxygens (including phenoxy) is 1. The van der Waals surface area contributed by atoms with Gasteiger partial charge in [-0.25, -0.2) is 4.79 Å². The first-order valence-corrected chi connectivity index (χ1v) is 12.5. The van der Waals surface area contributed by atoms with Crippen LogP contribution in [0.2, 0.25) is 0 Å². The maximum atomic E-state index is 12.9. The Labute approximate surface area is 213 Å². The average Bonchev–Trinajstić information content (AvgIpc) is 2.80. The SMILES string of the molecule is CC(C)CN([C@@H](CC(=O)O)C(=O)O)S(=O)(=O)NCc1ccc(OC(=O)c2ccc(NC(=N)N)cc2)cc1. The topological polar surface area (TPSA) is 212 Å². The van der Waals surface area contributed by atoms with Gasteiger partial charge in [0.15, 0.2) is 5.96 Å². The van der Waals surface area contributed by atoms with Crippen LogP contribution in [-0.2, 0) is 26.3 Å². The van der Waals surface area contributed by atoms with Gasteiger partial charge in [0.05, 0.1) is 12.0 Å². The van der Waals surface area contributed by atoms with Gasteiger partial charge in [0.1, 0.15) is 11.8 Å². The number of anilines is 1. The number of carboxylic acids is 2. The number of hydrogen-bond acceptors (Lipinski definition) is 7. The molecule has 0 amide bonds. The van der Waals surface area contributed by atoms with Gasteiger partial charge in [-0.2, -0.15) is 17.4 Å². The van der Waals surface area contributed by atoms with E-state index in [9.17, 15) is 27.9 Å². The minimum Gasteiger partial charge on any atom is -0.481 e. The molecule has 0 saturated carbocycles. The molecule has 1 atom stereocenters. The van der Waals surface area contributed by atoms with Crippen LogP contribution in [0.4, 0.5) is 5.69 Å². The molecule has 2 rings (SSSR count). The van der Waals surface area contributed by atoms with Crippen molar-refractivity contribution in [3.8, 4) is 5.75 Å². The fraction of sp³-hybridized carbons (Fsp3) is 0.304. The van der Waals surface area contributed by atoms with Crippen molar-refractivity contribution in [2.24, 2.45) is 11.7 Å². The quantitative estimate of drug-likeness (QED) is 0.0939. The van der Waals surface area contributed by atoms with E-state index in [-0.39, 0.29) is 36.3 Å². The highest BCUT2D eigenvalue weighted by Crippen LogP contribution is 2.18. The summed E-state index contributed by atoms with van der Waals surface area (Å²) >= 11 is 0. The molecule has 0 saturated heterocycles. The zero-order valence-electron chi connectivity index (χ0n) is 20.2. The largest absolute Gasteiger partial charge is 0.481 e. The summed E-state index contributed by atoms with van der Waals surface area (Å²) in [5, 5.41) is 28.3. The second kappa shape index (κ2) is 12.8. The van der Waals surface area contributed by atoms with Crippen LogP contribution in [0, 0.1) is 11.3 Å². The van der Waals surface area contributed by atoms with Crippen LogP contribution in [0.1, 0.15) is 36.2 Å². The molecular weight excluding hydrogens is 506 g/mol. The Morgan fingerprint density at radius 2 is 1.65 bits per heavy atom. The second-order valence-corrected chi connectivity index (χ2v) is 10.1. The molecule has 0 fully saturated rings. The van der Waals surface area contributed by atoms with Crippen LogP contribution >= 0.6 is 0 Å².